The quantitative estimate of drug-likeness (QED) is 0.410. The number of anilines is 2. The summed E-state index contributed by atoms with van der Waals surface area (Å²) in [6.07, 6.45) is 1.23. The first-order valence-electron chi connectivity index (χ1n) is 4.49. The fourth-order valence-electron chi connectivity index (χ4n) is 1.13. The molecule has 2 rings (SSSR count). The molecule has 19 heavy (non-hydrogen) atoms. The molecule has 2 aromatic rings. The zero-order valence-electron chi connectivity index (χ0n) is 8.93. The summed E-state index contributed by atoms with van der Waals surface area (Å²) in [5, 5.41) is 14.4. The van der Waals surface area contributed by atoms with Crippen molar-refractivity contribution in [3.05, 3.63) is 22.4 Å². The van der Waals surface area contributed by atoms with Gasteiger partial charge in [0.15, 0.2) is 5.00 Å². The average Bonchev–Trinajstić information content (AvgIpc) is 2.95. The molecule has 10 nitrogen and oxygen atoms in total. The van der Waals surface area contributed by atoms with Gasteiger partial charge in [-0.3, -0.25) is 14.8 Å². The molecule has 102 valence electrons. The lowest BCUT2D eigenvalue weighted by molar-refractivity contribution is -0.383. The molecule has 0 amide bonds. The van der Waals surface area contributed by atoms with E-state index in [-0.39, 0.29) is 14.2 Å². The summed E-state index contributed by atoms with van der Waals surface area (Å²) in [6, 6.07) is 0.927. The Morgan fingerprint density at radius 2 is 2.21 bits per heavy atom. The van der Waals surface area contributed by atoms with Gasteiger partial charge in [-0.05, 0) is 0 Å². The van der Waals surface area contributed by atoms with Gasteiger partial charge >= 0.3 is 5.69 Å². The maximum atomic E-state index is 12.0. The lowest BCUT2D eigenvalue weighted by atomic mass is 10.5. The van der Waals surface area contributed by atoms with Crippen LogP contribution in [0.25, 0.3) is 0 Å². The van der Waals surface area contributed by atoms with Crippen LogP contribution in [0.1, 0.15) is 0 Å². The van der Waals surface area contributed by atoms with E-state index < -0.39 is 20.6 Å². The monoisotopic (exact) mass is 322 g/mol. The van der Waals surface area contributed by atoms with Crippen molar-refractivity contribution in [1.29, 1.82) is 0 Å². The van der Waals surface area contributed by atoms with Gasteiger partial charge in [-0.25, -0.2) is 14.3 Å². The standard InChI is InChI=1S/C6H6N6O4S3/c7-9-6-3(12(13)14)1-5(17-6)19(15,16)10-4-2-8-11-18-4/h1-2,9-10H,7H2. The van der Waals surface area contributed by atoms with Crippen LogP contribution in [-0.2, 0) is 10.0 Å². The summed E-state index contributed by atoms with van der Waals surface area (Å²) >= 11 is 1.50. The van der Waals surface area contributed by atoms with Gasteiger partial charge in [0, 0.05) is 17.6 Å². The molecule has 2 heterocycles. The summed E-state index contributed by atoms with van der Waals surface area (Å²) in [5.41, 5.74) is 1.68. The Balaban J connectivity index is 2.38. The summed E-state index contributed by atoms with van der Waals surface area (Å²) in [7, 11) is -3.93. The Morgan fingerprint density at radius 3 is 2.68 bits per heavy atom. The normalized spacial score (nSPS) is 11.2. The van der Waals surface area contributed by atoms with Gasteiger partial charge in [-0.1, -0.05) is 15.8 Å². The lowest BCUT2D eigenvalue weighted by Crippen LogP contribution is -2.10. The molecule has 0 saturated heterocycles. The van der Waals surface area contributed by atoms with Crippen LogP contribution in [0.5, 0.6) is 0 Å². The molecule has 0 fully saturated rings. The Morgan fingerprint density at radius 1 is 1.47 bits per heavy atom. The summed E-state index contributed by atoms with van der Waals surface area (Å²) < 4.78 is 29.4. The van der Waals surface area contributed by atoms with E-state index >= 15 is 0 Å². The van der Waals surface area contributed by atoms with Crippen molar-refractivity contribution < 1.29 is 13.3 Å². The van der Waals surface area contributed by atoms with Gasteiger partial charge in [0.05, 0.1) is 11.1 Å². The number of thiophene rings is 1. The van der Waals surface area contributed by atoms with Crippen molar-refractivity contribution in [2.24, 2.45) is 5.84 Å². The zero-order chi connectivity index (χ0) is 14.0. The molecular weight excluding hydrogens is 316 g/mol. The third-order valence-electron chi connectivity index (χ3n) is 1.88. The molecule has 0 spiro atoms. The minimum atomic E-state index is -3.93. The first-order chi connectivity index (χ1) is 8.94. The number of nitrogens with two attached hydrogens (primary N) is 1. The molecule has 0 aliphatic heterocycles. The second-order valence-corrected chi connectivity index (χ2v) is 6.82. The number of sulfonamides is 1. The predicted molar refractivity (Wildman–Crippen MR) is 69.5 cm³/mol. The van der Waals surface area contributed by atoms with Crippen molar-refractivity contribution in [1.82, 2.24) is 9.59 Å². The molecule has 0 unspecified atom stereocenters. The van der Waals surface area contributed by atoms with Crippen molar-refractivity contribution in [3.63, 3.8) is 0 Å². The molecule has 4 N–H and O–H groups in total. The van der Waals surface area contributed by atoms with Crippen LogP contribution in [0.15, 0.2) is 16.5 Å². The maximum Gasteiger partial charge on any atom is 0.306 e. The molecule has 0 bridgehead atoms. The first kappa shape index (κ1) is 13.6. The molecule has 0 atom stereocenters. The number of hydrogen-bond donors (Lipinski definition) is 3. The third kappa shape index (κ3) is 2.78. The Labute approximate surface area is 114 Å². The smallest absolute Gasteiger partial charge is 0.306 e. The van der Waals surface area contributed by atoms with Gasteiger partial charge in [0.25, 0.3) is 10.0 Å². The fourth-order valence-corrected chi connectivity index (χ4v) is 4.05. The summed E-state index contributed by atoms with van der Waals surface area (Å²) in [6.45, 7) is 0. The van der Waals surface area contributed by atoms with Crippen LogP contribution < -0.4 is 16.0 Å². The van der Waals surface area contributed by atoms with E-state index in [1.165, 1.54) is 6.20 Å². The van der Waals surface area contributed by atoms with Crippen LogP contribution >= 0.6 is 22.9 Å². The molecule has 13 heteroatoms. The molecule has 0 aliphatic carbocycles. The van der Waals surface area contributed by atoms with Gasteiger partial charge < -0.3 is 5.43 Å². The minimum absolute atomic E-state index is 0.0483. The summed E-state index contributed by atoms with van der Waals surface area (Å²) in [5.74, 6) is 5.10. The number of aromatic nitrogens is 2. The average molecular weight is 322 g/mol. The van der Waals surface area contributed by atoms with E-state index in [4.69, 9.17) is 5.84 Å². The number of nitrogen functional groups attached to an aromatic ring is 1. The number of nitrogens with zero attached hydrogens (tertiary/aromatic N) is 3. The van der Waals surface area contributed by atoms with Crippen molar-refractivity contribution in [3.8, 4) is 0 Å². The number of hydrogen-bond acceptors (Lipinski definition) is 10. The predicted octanol–water partition coefficient (Wildman–Crippen LogP) is 0.594. The van der Waals surface area contributed by atoms with Crippen LogP contribution in [0.3, 0.4) is 0 Å². The van der Waals surface area contributed by atoms with E-state index in [2.05, 4.69) is 19.7 Å². The number of nitrogens with one attached hydrogen (secondary N) is 2. The number of hydrazine groups is 1. The highest BCUT2D eigenvalue weighted by Gasteiger charge is 2.26. The Hall–Kier alpha value is -1.83. The van der Waals surface area contributed by atoms with Gasteiger partial charge in [-0.2, -0.15) is 0 Å². The maximum absolute atomic E-state index is 12.0. The topological polar surface area (TPSA) is 153 Å². The summed E-state index contributed by atoms with van der Waals surface area (Å²) in [4.78, 5) is 10.00. The van der Waals surface area contributed by atoms with E-state index in [9.17, 15) is 18.5 Å². The molecule has 0 saturated carbocycles. The highest BCUT2D eigenvalue weighted by molar-refractivity contribution is 7.95. The molecule has 0 aliphatic rings. The van der Waals surface area contributed by atoms with Gasteiger partial charge in [0.1, 0.15) is 9.21 Å². The zero-order valence-corrected chi connectivity index (χ0v) is 11.4. The van der Waals surface area contributed by atoms with Crippen LogP contribution in [0.2, 0.25) is 0 Å². The van der Waals surface area contributed by atoms with Crippen LogP contribution in [0, 0.1) is 10.1 Å². The molecule has 0 radical (unpaired) electrons. The Kier molecular flexibility index (Phi) is 3.61. The highest BCUT2D eigenvalue weighted by Crippen LogP contribution is 2.37. The number of nitro groups is 1. The van der Waals surface area contributed by atoms with Crippen molar-refractivity contribution in [2.45, 2.75) is 4.21 Å². The molecular formula is C6H6N6O4S3. The van der Waals surface area contributed by atoms with E-state index in [1.54, 1.807) is 0 Å². The molecule has 0 aromatic carbocycles. The van der Waals surface area contributed by atoms with Gasteiger partial charge in [-0.15, -0.1) is 5.10 Å². The fraction of sp³-hybridized carbons (Fsp3) is 0. The second kappa shape index (κ2) is 5.04. The lowest BCUT2D eigenvalue weighted by Gasteiger charge is -2.00. The highest BCUT2D eigenvalue weighted by atomic mass is 32.2. The van der Waals surface area contributed by atoms with Crippen LogP contribution in [0.4, 0.5) is 15.7 Å². The largest absolute Gasteiger partial charge is 0.310 e. The molecule has 2 aromatic heterocycles. The second-order valence-electron chi connectivity index (χ2n) is 3.07. The SMILES string of the molecule is NNc1sc(S(=O)(=O)Nc2cnns2)cc1[N+](=O)[O-]. The van der Waals surface area contributed by atoms with E-state index in [0.29, 0.717) is 11.3 Å². The van der Waals surface area contributed by atoms with Crippen molar-refractivity contribution >= 4 is 48.6 Å². The van der Waals surface area contributed by atoms with Gasteiger partial charge in [0.2, 0.25) is 0 Å². The van der Waals surface area contributed by atoms with Crippen molar-refractivity contribution in [2.75, 3.05) is 10.1 Å². The van der Waals surface area contributed by atoms with Crippen LogP contribution in [-0.4, -0.2) is 22.9 Å². The third-order valence-corrected chi connectivity index (χ3v) is 5.48. The minimum Gasteiger partial charge on any atom is -0.310 e. The van der Waals surface area contributed by atoms with E-state index in [0.717, 1.165) is 17.6 Å². The number of rotatable bonds is 5. The first-order valence-corrected chi connectivity index (χ1v) is 7.56. The van der Waals surface area contributed by atoms with E-state index in [1.807, 2.05) is 0 Å². The Bertz CT molecular complexity index is 693.